The van der Waals surface area contributed by atoms with E-state index in [1.165, 1.54) is 11.3 Å². The van der Waals surface area contributed by atoms with Crippen LogP contribution in [0.5, 0.6) is 0 Å². The lowest BCUT2D eigenvalue weighted by atomic mass is 9.88. The first kappa shape index (κ1) is 15.1. The average molecular weight is 334 g/mol. The predicted molar refractivity (Wildman–Crippen MR) is 87.4 cm³/mol. The second-order valence-electron chi connectivity index (χ2n) is 6.70. The molecule has 0 saturated carbocycles. The lowest BCUT2D eigenvalue weighted by Crippen LogP contribution is -2.55. The second-order valence-corrected chi connectivity index (χ2v) is 7.48. The Morgan fingerprint density at radius 3 is 2.83 bits per heavy atom. The molecule has 124 valence electrons. The number of rotatable bonds is 2. The number of carbonyl (C=O) groups is 2. The molecule has 4 rings (SSSR count). The normalized spacial score (nSPS) is 30.5. The highest BCUT2D eigenvalue weighted by atomic mass is 32.1. The van der Waals surface area contributed by atoms with Gasteiger partial charge in [-0.3, -0.25) is 9.59 Å². The van der Waals surface area contributed by atoms with Crippen LogP contribution >= 0.6 is 11.3 Å². The highest BCUT2D eigenvalue weighted by molar-refractivity contribution is 7.08. The fraction of sp³-hybridized carbons (Fsp3) is 0.647. The van der Waals surface area contributed by atoms with Gasteiger partial charge in [-0.1, -0.05) is 0 Å². The van der Waals surface area contributed by atoms with Crippen LogP contribution in [0.15, 0.2) is 16.8 Å². The third-order valence-corrected chi connectivity index (χ3v) is 5.99. The Morgan fingerprint density at radius 1 is 1.26 bits per heavy atom. The predicted octanol–water partition coefficient (Wildman–Crippen LogP) is 1.99. The van der Waals surface area contributed by atoms with Gasteiger partial charge in [0.25, 0.3) is 5.91 Å². The van der Waals surface area contributed by atoms with E-state index in [0.29, 0.717) is 13.2 Å². The van der Waals surface area contributed by atoms with Crippen LogP contribution in [-0.4, -0.2) is 60.0 Å². The molecule has 0 aliphatic carbocycles. The monoisotopic (exact) mass is 334 g/mol. The largest absolute Gasteiger partial charge is 0.376 e. The molecule has 23 heavy (non-hydrogen) atoms. The first-order valence-electron chi connectivity index (χ1n) is 8.47. The van der Waals surface area contributed by atoms with E-state index in [0.717, 1.165) is 44.3 Å². The lowest BCUT2D eigenvalue weighted by Gasteiger charge is -2.41. The molecule has 3 aliphatic heterocycles. The molecule has 4 heterocycles. The summed E-state index contributed by atoms with van der Waals surface area (Å²) in [5.41, 5.74) is 0.731. The molecule has 1 aromatic rings. The second kappa shape index (κ2) is 6.24. The van der Waals surface area contributed by atoms with Gasteiger partial charge < -0.3 is 14.5 Å². The lowest BCUT2D eigenvalue weighted by molar-refractivity contribution is -0.138. The van der Waals surface area contributed by atoms with Crippen molar-refractivity contribution in [1.82, 2.24) is 9.80 Å². The number of fused-ring (bicyclic) bond motifs is 1. The van der Waals surface area contributed by atoms with E-state index in [-0.39, 0.29) is 29.9 Å². The SMILES string of the molecule is O=C([C@@H]1C[C@@H]2OCC[C@@H]2N(C(=O)c2ccsc2)C1)N1CCCC1. The average Bonchev–Trinajstić information content (AvgIpc) is 3.34. The molecule has 0 radical (unpaired) electrons. The third-order valence-electron chi connectivity index (χ3n) is 5.30. The summed E-state index contributed by atoms with van der Waals surface area (Å²) >= 11 is 1.53. The van der Waals surface area contributed by atoms with Crippen molar-refractivity contribution in [2.75, 3.05) is 26.2 Å². The molecule has 5 nitrogen and oxygen atoms in total. The molecule has 0 spiro atoms. The Morgan fingerprint density at radius 2 is 2.09 bits per heavy atom. The summed E-state index contributed by atoms with van der Waals surface area (Å²) in [5.74, 6) is 0.139. The minimum absolute atomic E-state index is 0.0166. The van der Waals surface area contributed by atoms with E-state index >= 15 is 0 Å². The molecule has 2 amide bonds. The van der Waals surface area contributed by atoms with Crippen molar-refractivity contribution in [3.8, 4) is 0 Å². The van der Waals surface area contributed by atoms with Gasteiger partial charge in [-0.25, -0.2) is 0 Å². The summed E-state index contributed by atoms with van der Waals surface area (Å²) in [6.45, 7) is 2.95. The van der Waals surface area contributed by atoms with Gasteiger partial charge in [0.1, 0.15) is 0 Å². The Labute approximate surface area is 140 Å². The van der Waals surface area contributed by atoms with Crippen molar-refractivity contribution in [3.63, 3.8) is 0 Å². The molecule has 0 bridgehead atoms. The van der Waals surface area contributed by atoms with E-state index in [9.17, 15) is 9.59 Å². The zero-order valence-electron chi connectivity index (χ0n) is 13.1. The van der Waals surface area contributed by atoms with Crippen LogP contribution in [0, 0.1) is 5.92 Å². The highest BCUT2D eigenvalue weighted by Crippen LogP contribution is 2.33. The minimum Gasteiger partial charge on any atom is -0.376 e. The molecule has 0 aromatic carbocycles. The summed E-state index contributed by atoms with van der Waals surface area (Å²) in [6.07, 6.45) is 3.85. The van der Waals surface area contributed by atoms with E-state index in [2.05, 4.69) is 0 Å². The molecule has 3 saturated heterocycles. The first-order chi connectivity index (χ1) is 11.2. The van der Waals surface area contributed by atoms with Crippen molar-refractivity contribution < 1.29 is 14.3 Å². The first-order valence-corrected chi connectivity index (χ1v) is 9.42. The van der Waals surface area contributed by atoms with Crippen LogP contribution in [0.25, 0.3) is 0 Å². The van der Waals surface area contributed by atoms with E-state index in [1.807, 2.05) is 26.6 Å². The number of amides is 2. The van der Waals surface area contributed by atoms with E-state index < -0.39 is 0 Å². The van der Waals surface area contributed by atoms with Crippen LogP contribution in [0.4, 0.5) is 0 Å². The molecular weight excluding hydrogens is 312 g/mol. The van der Waals surface area contributed by atoms with Gasteiger partial charge in [-0.15, -0.1) is 0 Å². The quantitative estimate of drug-likeness (QED) is 0.831. The van der Waals surface area contributed by atoms with Gasteiger partial charge in [0.2, 0.25) is 5.91 Å². The number of nitrogens with zero attached hydrogens (tertiary/aromatic N) is 2. The molecule has 0 N–H and O–H groups in total. The fourth-order valence-corrected chi connectivity index (χ4v) is 4.74. The van der Waals surface area contributed by atoms with Crippen LogP contribution in [0.2, 0.25) is 0 Å². The zero-order chi connectivity index (χ0) is 15.8. The van der Waals surface area contributed by atoms with Crippen LogP contribution in [-0.2, 0) is 9.53 Å². The van der Waals surface area contributed by atoms with Crippen LogP contribution in [0.3, 0.4) is 0 Å². The number of thiophene rings is 1. The van der Waals surface area contributed by atoms with Gasteiger partial charge in [0, 0.05) is 31.6 Å². The molecule has 3 atom stereocenters. The van der Waals surface area contributed by atoms with Gasteiger partial charge in [0.05, 0.1) is 23.6 Å². The number of carbonyl (C=O) groups excluding carboxylic acids is 2. The maximum absolute atomic E-state index is 12.8. The smallest absolute Gasteiger partial charge is 0.255 e. The number of ether oxygens (including phenoxy) is 1. The molecule has 1 aromatic heterocycles. The van der Waals surface area contributed by atoms with Gasteiger partial charge in [-0.05, 0) is 37.1 Å². The molecular formula is C17H22N2O3S. The molecule has 3 aliphatic rings. The third kappa shape index (κ3) is 2.78. The molecule has 6 heteroatoms. The van der Waals surface area contributed by atoms with Crippen molar-refractivity contribution >= 4 is 23.2 Å². The van der Waals surface area contributed by atoms with Gasteiger partial charge in [-0.2, -0.15) is 11.3 Å². The van der Waals surface area contributed by atoms with Crippen molar-refractivity contribution in [2.24, 2.45) is 5.92 Å². The number of hydrogen-bond donors (Lipinski definition) is 0. The molecule has 0 unspecified atom stereocenters. The van der Waals surface area contributed by atoms with Crippen molar-refractivity contribution in [1.29, 1.82) is 0 Å². The van der Waals surface area contributed by atoms with Gasteiger partial charge in [0.15, 0.2) is 0 Å². The van der Waals surface area contributed by atoms with Crippen molar-refractivity contribution in [3.05, 3.63) is 22.4 Å². The summed E-state index contributed by atoms with van der Waals surface area (Å²) in [4.78, 5) is 29.5. The Bertz CT molecular complexity index is 583. The fourth-order valence-electron chi connectivity index (χ4n) is 4.11. The number of hydrogen-bond acceptors (Lipinski definition) is 4. The van der Waals surface area contributed by atoms with Gasteiger partial charge >= 0.3 is 0 Å². The van der Waals surface area contributed by atoms with Crippen LogP contribution < -0.4 is 0 Å². The topological polar surface area (TPSA) is 49.9 Å². The zero-order valence-corrected chi connectivity index (χ0v) is 14.0. The summed E-state index contributed by atoms with van der Waals surface area (Å²) in [5, 5.41) is 3.81. The number of piperidine rings is 1. The maximum Gasteiger partial charge on any atom is 0.255 e. The Hall–Kier alpha value is -1.40. The highest BCUT2D eigenvalue weighted by Gasteiger charge is 2.45. The molecule has 3 fully saturated rings. The Balaban J connectivity index is 1.54. The van der Waals surface area contributed by atoms with Crippen LogP contribution in [0.1, 0.15) is 36.0 Å². The van der Waals surface area contributed by atoms with E-state index in [4.69, 9.17) is 4.74 Å². The standard InChI is InChI=1S/C17H22N2O3S/c20-16(18-5-1-2-6-18)13-9-15-14(3-7-22-15)19(10-13)17(21)12-4-8-23-11-12/h4,8,11,13-15H,1-3,5-7,9-10H2/t13-,14+,15+/m1/s1. The summed E-state index contributed by atoms with van der Waals surface area (Å²) < 4.78 is 5.84. The summed E-state index contributed by atoms with van der Waals surface area (Å²) in [7, 11) is 0. The number of likely N-dealkylation sites (tertiary alicyclic amines) is 2. The summed E-state index contributed by atoms with van der Waals surface area (Å²) in [6, 6.07) is 1.99. The van der Waals surface area contributed by atoms with Crippen molar-refractivity contribution in [2.45, 2.75) is 37.8 Å². The maximum atomic E-state index is 12.8. The van der Waals surface area contributed by atoms with E-state index in [1.54, 1.807) is 0 Å². The minimum atomic E-state index is -0.116. The Kier molecular flexibility index (Phi) is 4.11.